The van der Waals surface area contributed by atoms with Gasteiger partial charge in [0.2, 0.25) is 0 Å². The summed E-state index contributed by atoms with van der Waals surface area (Å²) in [5.41, 5.74) is 5.01. The second-order valence-electron chi connectivity index (χ2n) is 11.7. The molecular formula is C33H33N5O4S. The van der Waals surface area contributed by atoms with Crippen molar-refractivity contribution in [3.05, 3.63) is 83.2 Å². The molecule has 0 radical (unpaired) electrons. The molecule has 1 N–H and O–H groups in total. The lowest BCUT2D eigenvalue weighted by atomic mass is 9.78. The number of anilines is 1. The fraction of sp³-hybridized carbons (Fsp3) is 0.333. The van der Waals surface area contributed by atoms with Crippen molar-refractivity contribution in [3.8, 4) is 33.5 Å². The summed E-state index contributed by atoms with van der Waals surface area (Å²) in [6, 6.07) is 21.2. The first-order valence-corrected chi connectivity index (χ1v) is 14.9. The number of pyridine rings is 1. The van der Waals surface area contributed by atoms with Crippen LogP contribution in [0.5, 0.6) is 5.75 Å². The lowest BCUT2D eigenvalue weighted by Crippen LogP contribution is -2.67. The van der Waals surface area contributed by atoms with Gasteiger partial charge in [0.05, 0.1) is 60.2 Å². The van der Waals surface area contributed by atoms with Gasteiger partial charge in [0, 0.05) is 24.3 Å². The molecule has 2 fully saturated rings. The quantitative estimate of drug-likeness (QED) is 0.252. The summed E-state index contributed by atoms with van der Waals surface area (Å²) in [6.07, 6.45) is 0. The van der Waals surface area contributed by atoms with E-state index in [1.807, 2.05) is 75.4 Å². The number of carbonyl (C=O) groups excluding carboxylic acids is 1. The van der Waals surface area contributed by atoms with E-state index < -0.39 is 5.60 Å². The van der Waals surface area contributed by atoms with Gasteiger partial charge in [-0.3, -0.25) is 10.3 Å². The molecule has 1 spiro atoms. The molecule has 10 heteroatoms. The summed E-state index contributed by atoms with van der Waals surface area (Å²) in [5, 5.41) is 13.0. The molecule has 0 aliphatic carbocycles. The maximum atomic E-state index is 13.0. The molecular weight excluding hydrogens is 562 g/mol. The first kappa shape index (κ1) is 28.8. The smallest absolute Gasteiger partial charge is 0.323 e. The Kier molecular flexibility index (Phi) is 7.65. The van der Waals surface area contributed by atoms with Crippen molar-refractivity contribution < 1.29 is 19.0 Å². The Morgan fingerprint density at radius 3 is 2.56 bits per heavy atom. The molecule has 0 saturated carbocycles. The fourth-order valence-corrected chi connectivity index (χ4v) is 6.28. The third-order valence-electron chi connectivity index (χ3n) is 7.85. The van der Waals surface area contributed by atoms with E-state index in [1.54, 1.807) is 18.1 Å². The number of methoxy groups -OCH3 is 1. The maximum absolute atomic E-state index is 13.0. The molecule has 2 aliphatic rings. The predicted molar refractivity (Wildman–Crippen MR) is 165 cm³/mol. The molecule has 220 valence electrons. The van der Waals surface area contributed by atoms with E-state index in [1.165, 1.54) is 11.3 Å². The van der Waals surface area contributed by atoms with Crippen LogP contribution in [0, 0.1) is 23.7 Å². The minimum Gasteiger partial charge on any atom is -0.497 e. The number of nitriles is 1. The van der Waals surface area contributed by atoms with Gasteiger partial charge in [0.15, 0.2) is 5.13 Å². The van der Waals surface area contributed by atoms with E-state index in [0.717, 1.165) is 38.7 Å². The van der Waals surface area contributed by atoms with Crippen molar-refractivity contribution in [1.29, 1.82) is 5.26 Å². The van der Waals surface area contributed by atoms with Gasteiger partial charge in [-0.15, -0.1) is 0 Å². The number of benzene rings is 2. The summed E-state index contributed by atoms with van der Waals surface area (Å²) in [6.45, 7) is 9.17. The van der Waals surface area contributed by atoms with Gasteiger partial charge in [-0.25, -0.2) is 9.78 Å². The molecule has 2 aromatic carbocycles. The monoisotopic (exact) mass is 595 g/mol. The van der Waals surface area contributed by atoms with Crippen LogP contribution < -0.4 is 10.1 Å². The molecule has 2 saturated heterocycles. The molecule has 9 nitrogen and oxygen atoms in total. The Hall–Kier alpha value is -4.30. The first-order valence-electron chi connectivity index (χ1n) is 14.1. The standard InChI is InChI=1S/C33H33N5O4S/c1-21-12-25(14-27(35-21)32(2,3)42-16-22-8-10-26(40-4)11-9-22)29-28(24-7-5-6-23(13-24)15-34)36-30(43-29)37-31(39)38-17-33(18-38)19-41-20-33/h5-14H,16-20H2,1-4H3,(H,36,37,39). The van der Waals surface area contributed by atoms with Crippen LogP contribution in [0.2, 0.25) is 0 Å². The molecule has 6 rings (SSSR count). The molecule has 0 atom stereocenters. The Morgan fingerprint density at radius 2 is 1.88 bits per heavy atom. The van der Waals surface area contributed by atoms with Crippen molar-refractivity contribution in [2.24, 2.45) is 5.41 Å². The number of hydrogen-bond donors (Lipinski definition) is 1. The third kappa shape index (κ3) is 5.97. The summed E-state index contributed by atoms with van der Waals surface area (Å²) in [4.78, 5) is 25.4. The van der Waals surface area contributed by atoms with Crippen LogP contribution in [0.15, 0.2) is 60.7 Å². The molecule has 2 amide bonds. The summed E-state index contributed by atoms with van der Waals surface area (Å²) >= 11 is 1.40. The normalized spacial score (nSPS) is 15.4. The van der Waals surface area contributed by atoms with Crippen molar-refractivity contribution in [1.82, 2.24) is 14.9 Å². The summed E-state index contributed by atoms with van der Waals surface area (Å²) in [5.74, 6) is 0.797. The Morgan fingerprint density at radius 1 is 1.12 bits per heavy atom. The van der Waals surface area contributed by atoms with Crippen LogP contribution in [0.25, 0.3) is 21.7 Å². The molecule has 43 heavy (non-hydrogen) atoms. The number of urea groups is 1. The number of aromatic nitrogens is 2. The number of rotatable bonds is 8. The van der Waals surface area contributed by atoms with E-state index in [4.69, 9.17) is 24.2 Å². The van der Waals surface area contributed by atoms with Crippen molar-refractivity contribution in [2.45, 2.75) is 33.0 Å². The second kappa shape index (κ2) is 11.4. The van der Waals surface area contributed by atoms with Gasteiger partial charge in [-0.1, -0.05) is 35.6 Å². The molecule has 0 unspecified atom stereocenters. The number of hydrogen-bond acceptors (Lipinski definition) is 8. The lowest BCUT2D eigenvalue weighted by molar-refractivity contribution is -0.174. The Bertz CT molecular complexity index is 1700. The number of nitrogens with one attached hydrogen (secondary N) is 1. The van der Waals surface area contributed by atoms with Gasteiger partial charge in [0.25, 0.3) is 0 Å². The van der Waals surface area contributed by atoms with E-state index >= 15 is 0 Å². The topological polar surface area (TPSA) is 110 Å². The van der Waals surface area contributed by atoms with Crippen molar-refractivity contribution >= 4 is 22.5 Å². The Balaban J connectivity index is 1.30. The maximum Gasteiger partial charge on any atom is 0.323 e. The molecule has 4 heterocycles. The number of aryl methyl sites for hydroxylation is 1. The number of carbonyl (C=O) groups is 1. The third-order valence-corrected chi connectivity index (χ3v) is 8.87. The van der Waals surface area contributed by atoms with Gasteiger partial charge in [-0.05, 0) is 68.3 Å². The average molecular weight is 596 g/mol. The minimum absolute atomic E-state index is 0.126. The van der Waals surface area contributed by atoms with Gasteiger partial charge >= 0.3 is 6.03 Å². The minimum atomic E-state index is -0.692. The SMILES string of the molecule is COc1ccc(COC(C)(C)c2cc(-c3sc(NC(=O)N4CC5(COC5)C4)nc3-c3cccc(C#N)c3)cc(C)n2)cc1. The summed E-state index contributed by atoms with van der Waals surface area (Å²) < 4.78 is 17.0. The highest BCUT2D eigenvalue weighted by molar-refractivity contribution is 7.19. The first-order chi connectivity index (χ1) is 20.7. The number of amides is 2. The molecule has 2 aliphatic heterocycles. The van der Waals surface area contributed by atoms with Crippen LogP contribution in [-0.4, -0.2) is 54.3 Å². The van der Waals surface area contributed by atoms with Crippen LogP contribution in [-0.2, 0) is 21.7 Å². The van der Waals surface area contributed by atoms with E-state index in [9.17, 15) is 10.1 Å². The van der Waals surface area contributed by atoms with Gasteiger partial charge < -0.3 is 19.1 Å². The highest BCUT2D eigenvalue weighted by Gasteiger charge is 2.50. The number of nitrogens with zero attached hydrogens (tertiary/aromatic N) is 4. The van der Waals surface area contributed by atoms with E-state index in [0.29, 0.717) is 49.3 Å². The van der Waals surface area contributed by atoms with Crippen LogP contribution in [0.4, 0.5) is 9.93 Å². The van der Waals surface area contributed by atoms with Gasteiger partial charge in [-0.2, -0.15) is 5.26 Å². The average Bonchev–Trinajstić information content (AvgIpc) is 3.38. The fourth-order valence-electron chi connectivity index (χ4n) is 5.32. The summed E-state index contributed by atoms with van der Waals surface area (Å²) in [7, 11) is 1.65. The highest BCUT2D eigenvalue weighted by Crippen LogP contribution is 2.42. The molecule has 4 aromatic rings. The second-order valence-corrected chi connectivity index (χ2v) is 12.7. The van der Waals surface area contributed by atoms with Crippen molar-refractivity contribution in [3.63, 3.8) is 0 Å². The van der Waals surface area contributed by atoms with Crippen LogP contribution in [0.1, 0.15) is 36.4 Å². The van der Waals surface area contributed by atoms with E-state index in [2.05, 4.69) is 11.4 Å². The molecule has 0 bridgehead atoms. The zero-order chi connectivity index (χ0) is 30.2. The lowest BCUT2D eigenvalue weighted by Gasteiger charge is -2.54. The number of thiazole rings is 1. The predicted octanol–water partition coefficient (Wildman–Crippen LogP) is 6.38. The number of ether oxygens (including phenoxy) is 3. The zero-order valence-corrected chi connectivity index (χ0v) is 25.5. The van der Waals surface area contributed by atoms with Gasteiger partial charge in [0.1, 0.15) is 11.4 Å². The van der Waals surface area contributed by atoms with Crippen molar-refractivity contribution in [2.75, 3.05) is 38.7 Å². The number of likely N-dealkylation sites (tertiary alicyclic amines) is 1. The van der Waals surface area contributed by atoms with Crippen LogP contribution >= 0.6 is 11.3 Å². The zero-order valence-electron chi connectivity index (χ0n) is 24.6. The highest BCUT2D eigenvalue weighted by atomic mass is 32.1. The molecule has 2 aromatic heterocycles. The Labute approximate surface area is 255 Å². The largest absolute Gasteiger partial charge is 0.497 e. The van der Waals surface area contributed by atoms with E-state index in [-0.39, 0.29) is 11.4 Å². The van der Waals surface area contributed by atoms with Crippen LogP contribution in [0.3, 0.4) is 0 Å².